The normalized spacial score (nSPS) is 19.1. The lowest BCUT2D eigenvalue weighted by molar-refractivity contribution is -0.00545. The van der Waals surface area contributed by atoms with Crippen molar-refractivity contribution < 1.29 is 14.3 Å². The standard InChI is InChI=1S/C29H29N5O3S/c1-18-16-34(17-19(2)37-18)28-5-3-4-23(33-28)24-8-6-21-14-30-22(13-25(21)32-24)15-31-29(35)20-7-9-26-27(12-20)38-11-10-36-26/h3-9,12-14,18-19H,10-11,15-17H2,1-2H3,(H,31,35)/t18-,19+. The summed E-state index contributed by atoms with van der Waals surface area (Å²) >= 11 is 1.71. The number of carbonyl (C=O) groups is 1. The molecule has 1 aromatic carbocycles. The fourth-order valence-corrected chi connectivity index (χ4v) is 5.73. The first kappa shape index (κ1) is 24.6. The number of hydrogen-bond donors (Lipinski definition) is 1. The Balaban J connectivity index is 1.18. The molecule has 0 aliphatic carbocycles. The Labute approximate surface area is 225 Å². The molecule has 1 fully saturated rings. The Bertz CT molecular complexity index is 1490. The van der Waals surface area contributed by atoms with Crippen molar-refractivity contribution in [3.8, 4) is 17.1 Å². The summed E-state index contributed by atoms with van der Waals surface area (Å²) < 4.78 is 11.5. The van der Waals surface area contributed by atoms with Gasteiger partial charge in [-0.3, -0.25) is 9.78 Å². The van der Waals surface area contributed by atoms with Crippen molar-refractivity contribution in [2.24, 2.45) is 0 Å². The van der Waals surface area contributed by atoms with Gasteiger partial charge in [-0.1, -0.05) is 6.07 Å². The summed E-state index contributed by atoms with van der Waals surface area (Å²) in [5, 5.41) is 3.91. The van der Waals surface area contributed by atoms with Gasteiger partial charge in [0.2, 0.25) is 0 Å². The number of pyridine rings is 3. The van der Waals surface area contributed by atoms with Crippen molar-refractivity contribution in [1.29, 1.82) is 0 Å². The number of ether oxygens (including phenoxy) is 2. The topological polar surface area (TPSA) is 89.5 Å². The third-order valence-electron chi connectivity index (χ3n) is 6.61. The number of fused-ring (bicyclic) bond motifs is 2. The maximum Gasteiger partial charge on any atom is 0.251 e. The summed E-state index contributed by atoms with van der Waals surface area (Å²) in [6.45, 7) is 6.80. The Morgan fingerprint density at radius 2 is 1.89 bits per heavy atom. The molecular formula is C29H29N5O3S. The molecule has 9 heteroatoms. The van der Waals surface area contributed by atoms with E-state index in [1.54, 1.807) is 24.0 Å². The van der Waals surface area contributed by atoms with Crippen LogP contribution in [-0.2, 0) is 11.3 Å². The van der Waals surface area contributed by atoms with Crippen LogP contribution in [0.4, 0.5) is 5.82 Å². The van der Waals surface area contributed by atoms with Crippen LogP contribution in [0.5, 0.6) is 5.75 Å². The van der Waals surface area contributed by atoms with Gasteiger partial charge in [0.05, 0.1) is 52.9 Å². The zero-order chi connectivity index (χ0) is 26.1. The van der Waals surface area contributed by atoms with Crippen LogP contribution in [0.2, 0.25) is 0 Å². The number of morpholine rings is 1. The predicted molar refractivity (Wildman–Crippen MR) is 149 cm³/mol. The fraction of sp³-hybridized carbons (Fsp3) is 0.310. The molecule has 6 rings (SSSR count). The van der Waals surface area contributed by atoms with Gasteiger partial charge >= 0.3 is 0 Å². The zero-order valence-corrected chi connectivity index (χ0v) is 22.2. The van der Waals surface area contributed by atoms with Crippen LogP contribution in [0.25, 0.3) is 22.3 Å². The number of thioether (sulfide) groups is 1. The first-order chi connectivity index (χ1) is 18.5. The lowest BCUT2D eigenvalue weighted by Crippen LogP contribution is -2.45. The minimum absolute atomic E-state index is 0.143. The highest BCUT2D eigenvalue weighted by Crippen LogP contribution is 2.33. The number of anilines is 1. The van der Waals surface area contributed by atoms with Crippen molar-refractivity contribution in [1.82, 2.24) is 20.3 Å². The molecule has 2 atom stereocenters. The number of hydrogen-bond acceptors (Lipinski definition) is 8. The van der Waals surface area contributed by atoms with Gasteiger partial charge < -0.3 is 19.7 Å². The molecule has 2 aliphatic heterocycles. The summed E-state index contributed by atoms with van der Waals surface area (Å²) in [5.74, 6) is 2.51. The molecule has 0 radical (unpaired) electrons. The highest BCUT2D eigenvalue weighted by atomic mass is 32.2. The quantitative estimate of drug-likeness (QED) is 0.399. The maximum atomic E-state index is 12.8. The van der Waals surface area contributed by atoms with Gasteiger partial charge in [0.25, 0.3) is 5.91 Å². The molecule has 0 spiro atoms. The highest BCUT2D eigenvalue weighted by molar-refractivity contribution is 7.99. The van der Waals surface area contributed by atoms with E-state index in [1.165, 1.54) is 0 Å². The van der Waals surface area contributed by atoms with E-state index in [0.717, 1.165) is 63.3 Å². The second-order valence-corrected chi connectivity index (χ2v) is 10.8. The molecule has 2 aliphatic rings. The number of carbonyl (C=O) groups excluding carboxylic acids is 1. The van der Waals surface area contributed by atoms with Crippen LogP contribution in [-0.4, -0.2) is 58.5 Å². The van der Waals surface area contributed by atoms with E-state index in [2.05, 4.69) is 29.0 Å². The minimum Gasteiger partial charge on any atom is -0.492 e. The zero-order valence-electron chi connectivity index (χ0n) is 21.4. The van der Waals surface area contributed by atoms with Crippen molar-refractivity contribution in [2.75, 3.05) is 30.3 Å². The minimum atomic E-state index is -0.143. The molecule has 0 bridgehead atoms. The van der Waals surface area contributed by atoms with E-state index in [0.29, 0.717) is 18.7 Å². The van der Waals surface area contributed by atoms with Crippen LogP contribution in [0, 0.1) is 0 Å². The number of rotatable bonds is 5. The SMILES string of the molecule is C[C@@H]1CN(c2cccc(-c3ccc4cnc(CNC(=O)c5ccc6c(c5)SCCO6)cc4n3)n2)C[C@H](C)O1. The number of amides is 1. The Kier molecular flexibility index (Phi) is 6.86. The van der Waals surface area contributed by atoms with E-state index in [9.17, 15) is 4.79 Å². The summed E-state index contributed by atoms with van der Waals surface area (Å²) in [7, 11) is 0. The number of nitrogens with one attached hydrogen (secondary N) is 1. The van der Waals surface area contributed by atoms with Crippen LogP contribution in [0.15, 0.2) is 65.7 Å². The van der Waals surface area contributed by atoms with Crippen molar-refractivity contribution in [2.45, 2.75) is 37.5 Å². The molecule has 1 N–H and O–H groups in total. The van der Waals surface area contributed by atoms with E-state index >= 15 is 0 Å². The largest absolute Gasteiger partial charge is 0.492 e. The second kappa shape index (κ2) is 10.6. The number of aromatic nitrogens is 3. The molecule has 194 valence electrons. The molecular weight excluding hydrogens is 498 g/mol. The fourth-order valence-electron chi connectivity index (χ4n) is 4.86. The first-order valence-electron chi connectivity index (χ1n) is 12.8. The Morgan fingerprint density at radius 3 is 2.76 bits per heavy atom. The van der Waals surface area contributed by atoms with Crippen molar-refractivity contribution >= 4 is 34.4 Å². The third-order valence-corrected chi connectivity index (χ3v) is 7.61. The molecule has 0 unspecified atom stereocenters. The van der Waals surface area contributed by atoms with E-state index in [1.807, 2.05) is 48.5 Å². The lowest BCUT2D eigenvalue weighted by atomic mass is 10.1. The monoisotopic (exact) mass is 527 g/mol. The van der Waals surface area contributed by atoms with Crippen LogP contribution >= 0.6 is 11.8 Å². The van der Waals surface area contributed by atoms with Crippen LogP contribution in [0.1, 0.15) is 29.9 Å². The molecule has 4 aromatic rings. The van der Waals surface area contributed by atoms with Crippen molar-refractivity contribution in [3.63, 3.8) is 0 Å². The first-order valence-corrected chi connectivity index (χ1v) is 13.8. The average Bonchev–Trinajstić information content (AvgIpc) is 2.94. The summed E-state index contributed by atoms with van der Waals surface area (Å²) in [6.07, 6.45) is 2.12. The van der Waals surface area contributed by atoms with Crippen LogP contribution < -0.4 is 15.0 Å². The van der Waals surface area contributed by atoms with Crippen molar-refractivity contribution in [3.05, 3.63) is 72.1 Å². The van der Waals surface area contributed by atoms with Gasteiger partial charge in [0.15, 0.2) is 0 Å². The van der Waals surface area contributed by atoms with Gasteiger partial charge in [-0.25, -0.2) is 9.97 Å². The summed E-state index contributed by atoms with van der Waals surface area (Å²) in [4.78, 5) is 30.4. The highest BCUT2D eigenvalue weighted by Gasteiger charge is 2.23. The number of benzene rings is 1. The molecule has 8 nitrogen and oxygen atoms in total. The average molecular weight is 528 g/mol. The summed E-state index contributed by atoms with van der Waals surface area (Å²) in [5.41, 5.74) is 3.77. The molecule has 1 saturated heterocycles. The molecule has 1 amide bonds. The maximum absolute atomic E-state index is 12.8. The van der Waals surface area contributed by atoms with E-state index in [4.69, 9.17) is 19.4 Å². The molecule has 38 heavy (non-hydrogen) atoms. The van der Waals surface area contributed by atoms with Gasteiger partial charge in [-0.15, -0.1) is 11.8 Å². The van der Waals surface area contributed by atoms with Gasteiger partial charge in [0, 0.05) is 36.0 Å². The Morgan fingerprint density at radius 1 is 1.05 bits per heavy atom. The van der Waals surface area contributed by atoms with E-state index in [-0.39, 0.29) is 18.1 Å². The lowest BCUT2D eigenvalue weighted by Gasteiger charge is -2.36. The molecule has 0 saturated carbocycles. The van der Waals surface area contributed by atoms with Gasteiger partial charge in [0.1, 0.15) is 11.6 Å². The Hall–Kier alpha value is -3.69. The van der Waals surface area contributed by atoms with Gasteiger partial charge in [-0.05, 0) is 62.4 Å². The second-order valence-electron chi connectivity index (χ2n) is 9.65. The predicted octanol–water partition coefficient (Wildman–Crippen LogP) is 4.72. The number of nitrogens with zero attached hydrogens (tertiary/aromatic N) is 4. The smallest absolute Gasteiger partial charge is 0.251 e. The van der Waals surface area contributed by atoms with Crippen LogP contribution in [0.3, 0.4) is 0 Å². The molecule has 5 heterocycles. The summed E-state index contributed by atoms with van der Waals surface area (Å²) in [6, 6.07) is 17.5. The molecule has 3 aromatic heterocycles. The van der Waals surface area contributed by atoms with E-state index < -0.39 is 0 Å². The van der Waals surface area contributed by atoms with Gasteiger partial charge in [-0.2, -0.15) is 0 Å². The third kappa shape index (κ3) is 5.30.